The van der Waals surface area contributed by atoms with Gasteiger partial charge in [0, 0.05) is 11.6 Å². The largest absolute Gasteiger partial charge is 0.369 e. The summed E-state index contributed by atoms with van der Waals surface area (Å²) in [7, 11) is 0. The molecule has 18 heavy (non-hydrogen) atoms. The lowest BCUT2D eigenvalue weighted by molar-refractivity contribution is 0.514. The van der Waals surface area contributed by atoms with Crippen LogP contribution in [0.25, 0.3) is 0 Å². The molecular weight excluding hydrogens is 284 g/mol. The third-order valence-corrected chi connectivity index (χ3v) is 3.31. The molecule has 0 amide bonds. The van der Waals surface area contributed by atoms with Gasteiger partial charge in [-0.25, -0.2) is 0 Å². The zero-order chi connectivity index (χ0) is 13.4. The van der Waals surface area contributed by atoms with Crippen molar-refractivity contribution in [3.63, 3.8) is 0 Å². The average molecular weight is 303 g/mol. The van der Waals surface area contributed by atoms with Crippen molar-refractivity contribution in [1.29, 1.82) is 0 Å². The van der Waals surface area contributed by atoms with Crippen LogP contribution >= 0.6 is 36.4 Å². The number of hydrogen-bond donors (Lipinski definition) is 3. The lowest BCUT2D eigenvalue weighted by Gasteiger charge is -2.21. The van der Waals surface area contributed by atoms with Gasteiger partial charge in [-0.3, -0.25) is 0 Å². The smallest absolute Gasteiger partial charge is 0.130 e. The van der Waals surface area contributed by atoms with Crippen molar-refractivity contribution in [3.8, 4) is 0 Å². The normalized spacial score (nSPS) is 12.2. The standard InChI is InChI=1S/C13H19ClN2S2/c1-2-3-8-15-12(9-16-13(17)18)10-6-4-5-7-11(10)14/h4-7,12,15H,2-3,8-9H2,1H3,(H2,16,17,18). The van der Waals surface area contributed by atoms with Crippen LogP contribution in [-0.4, -0.2) is 17.4 Å². The summed E-state index contributed by atoms with van der Waals surface area (Å²) in [6, 6.07) is 8.02. The van der Waals surface area contributed by atoms with Crippen LogP contribution in [0, 0.1) is 0 Å². The second kappa shape index (κ2) is 8.75. The molecule has 1 atom stereocenters. The topological polar surface area (TPSA) is 24.1 Å². The van der Waals surface area contributed by atoms with Crippen LogP contribution in [-0.2, 0) is 0 Å². The minimum absolute atomic E-state index is 0.148. The molecule has 1 unspecified atom stereocenters. The van der Waals surface area contributed by atoms with Gasteiger partial charge in [-0.05, 0) is 24.6 Å². The number of halogens is 1. The Bertz CT molecular complexity index is 385. The summed E-state index contributed by atoms with van der Waals surface area (Å²) in [6.45, 7) is 3.83. The highest BCUT2D eigenvalue weighted by Crippen LogP contribution is 2.22. The molecule has 2 N–H and O–H groups in total. The Hall–Kier alpha value is -0.290. The first kappa shape index (κ1) is 15.8. The fourth-order valence-corrected chi connectivity index (χ4v) is 2.13. The van der Waals surface area contributed by atoms with Crippen LogP contribution in [0.5, 0.6) is 0 Å². The predicted molar refractivity (Wildman–Crippen MR) is 86.7 cm³/mol. The minimum atomic E-state index is 0.148. The molecule has 0 aliphatic heterocycles. The molecule has 1 rings (SSSR count). The zero-order valence-electron chi connectivity index (χ0n) is 10.4. The molecular formula is C13H19ClN2S2. The highest BCUT2D eigenvalue weighted by molar-refractivity contribution is 8.11. The fourth-order valence-electron chi connectivity index (χ4n) is 1.69. The predicted octanol–water partition coefficient (Wildman–Crippen LogP) is 3.58. The number of nitrogens with one attached hydrogen (secondary N) is 2. The van der Waals surface area contributed by atoms with Gasteiger partial charge < -0.3 is 10.6 Å². The number of hydrogen-bond acceptors (Lipinski definition) is 2. The first-order valence-corrected chi connectivity index (χ1v) is 7.33. The van der Waals surface area contributed by atoms with Crippen LogP contribution in [0.1, 0.15) is 31.4 Å². The molecule has 0 bridgehead atoms. The van der Waals surface area contributed by atoms with E-state index < -0.39 is 0 Å². The Morgan fingerprint density at radius 2 is 2.17 bits per heavy atom. The van der Waals surface area contributed by atoms with E-state index in [9.17, 15) is 0 Å². The van der Waals surface area contributed by atoms with Crippen LogP contribution < -0.4 is 10.6 Å². The van der Waals surface area contributed by atoms with Crippen LogP contribution in [0.3, 0.4) is 0 Å². The summed E-state index contributed by atoms with van der Waals surface area (Å²) in [4.78, 5) is 0. The summed E-state index contributed by atoms with van der Waals surface area (Å²) in [6.07, 6.45) is 2.31. The van der Waals surface area contributed by atoms with E-state index in [0.717, 1.165) is 23.6 Å². The first-order chi connectivity index (χ1) is 8.65. The van der Waals surface area contributed by atoms with Gasteiger partial charge in [-0.2, -0.15) is 0 Å². The molecule has 0 aliphatic carbocycles. The maximum absolute atomic E-state index is 6.23. The number of rotatable bonds is 7. The fraction of sp³-hybridized carbons (Fsp3) is 0.462. The van der Waals surface area contributed by atoms with Crippen molar-refractivity contribution in [2.75, 3.05) is 13.1 Å². The van der Waals surface area contributed by atoms with Crippen molar-refractivity contribution in [2.45, 2.75) is 25.8 Å². The monoisotopic (exact) mass is 302 g/mol. The number of thiocarbonyl (C=S) groups is 1. The van der Waals surface area contributed by atoms with E-state index in [1.54, 1.807) is 0 Å². The van der Waals surface area contributed by atoms with Crippen LogP contribution in [0.15, 0.2) is 24.3 Å². The van der Waals surface area contributed by atoms with E-state index in [2.05, 4.69) is 30.2 Å². The van der Waals surface area contributed by atoms with Crippen molar-refractivity contribution < 1.29 is 0 Å². The lowest BCUT2D eigenvalue weighted by Crippen LogP contribution is -2.33. The molecule has 0 fully saturated rings. The molecule has 100 valence electrons. The van der Waals surface area contributed by atoms with Crippen molar-refractivity contribution in [2.24, 2.45) is 0 Å². The van der Waals surface area contributed by atoms with Gasteiger partial charge in [0.25, 0.3) is 0 Å². The van der Waals surface area contributed by atoms with E-state index in [1.165, 1.54) is 6.42 Å². The number of unbranched alkanes of at least 4 members (excludes halogenated alkanes) is 1. The van der Waals surface area contributed by atoms with Gasteiger partial charge in [-0.15, -0.1) is 12.6 Å². The molecule has 5 heteroatoms. The van der Waals surface area contributed by atoms with E-state index in [0.29, 0.717) is 10.9 Å². The zero-order valence-corrected chi connectivity index (χ0v) is 12.9. The molecule has 0 heterocycles. The Kier molecular flexibility index (Phi) is 7.66. The number of benzene rings is 1. The van der Waals surface area contributed by atoms with Gasteiger partial charge in [-0.1, -0.05) is 55.4 Å². The molecule has 0 saturated carbocycles. The summed E-state index contributed by atoms with van der Waals surface area (Å²) in [5, 5.41) is 7.34. The molecule has 1 aromatic rings. The van der Waals surface area contributed by atoms with Crippen LogP contribution in [0.2, 0.25) is 5.02 Å². The quantitative estimate of drug-likeness (QED) is 0.408. The summed E-state index contributed by atoms with van der Waals surface area (Å²) >= 11 is 15.2. The van der Waals surface area contributed by atoms with Crippen molar-refractivity contribution >= 4 is 40.8 Å². The van der Waals surface area contributed by atoms with Gasteiger partial charge >= 0.3 is 0 Å². The maximum atomic E-state index is 6.23. The van der Waals surface area contributed by atoms with Crippen LogP contribution in [0.4, 0.5) is 0 Å². The van der Waals surface area contributed by atoms with Gasteiger partial charge in [0.2, 0.25) is 0 Å². The molecule has 0 aromatic heterocycles. The highest BCUT2D eigenvalue weighted by atomic mass is 35.5. The molecule has 0 radical (unpaired) electrons. The summed E-state index contributed by atoms with van der Waals surface area (Å²) in [5.74, 6) is 0. The Labute approximate surface area is 125 Å². The SMILES string of the molecule is CCCCNC(CNC(=S)S)c1ccccc1Cl. The Balaban J connectivity index is 2.69. The molecule has 0 aliphatic rings. The van der Waals surface area contributed by atoms with Crippen molar-refractivity contribution in [1.82, 2.24) is 10.6 Å². The Morgan fingerprint density at radius 1 is 1.44 bits per heavy atom. The molecule has 2 nitrogen and oxygen atoms in total. The van der Waals surface area contributed by atoms with Gasteiger partial charge in [0.15, 0.2) is 0 Å². The summed E-state index contributed by atoms with van der Waals surface area (Å²) in [5.41, 5.74) is 1.09. The average Bonchev–Trinajstić information content (AvgIpc) is 2.34. The molecule has 1 aromatic carbocycles. The van der Waals surface area contributed by atoms with E-state index in [-0.39, 0.29) is 6.04 Å². The second-order valence-electron chi connectivity index (χ2n) is 4.07. The first-order valence-electron chi connectivity index (χ1n) is 6.09. The van der Waals surface area contributed by atoms with E-state index in [1.807, 2.05) is 24.3 Å². The highest BCUT2D eigenvalue weighted by Gasteiger charge is 2.13. The third-order valence-electron chi connectivity index (χ3n) is 2.66. The molecule has 0 saturated heterocycles. The Morgan fingerprint density at radius 3 is 2.78 bits per heavy atom. The lowest BCUT2D eigenvalue weighted by atomic mass is 10.1. The van der Waals surface area contributed by atoms with Gasteiger partial charge in [0.05, 0.1) is 6.04 Å². The summed E-state index contributed by atoms with van der Waals surface area (Å²) < 4.78 is 0.504. The van der Waals surface area contributed by atoms with Gasteiger partial charge in [0.1, 0.15) is 4.32 Å². The van der Waals surface area contributed by atoms with E-state index >= 15 is 0 Å². The second-order valence-corrected chi connectivity index (χ2v) is 5.63. The molecule has 0 spiro atoms. The maximum Gasteiger partial charge on any atom is 0.130 e. The third kappa shape index (κ3) is 5.57. The van der Waals surface area contributed by atoms with Crippen molar-refractivity contribution in [3.05, 3.63) is 34.9 Å². The minimum Gasteiger partial charge on any atom is -0.369 e. The number of thiol groups is 1. The van der Waals surface area contributed by atoms with E-state index in [4.69, 9.17) is 23.8 Å².